The smallest absolute Gasteiger partial charge is 0.196 e. The SMILES string of the molecule is OC[C@H]1O[C@@H](c2nnc3cncnn23)[C@H](O)[C@@H]1O. The number of rotatable bonds is 2. The van der Waals surface area contributed by atoms with Gasteiger partial charge in [0.05, 0.1) is 12.8 Å². The van der Waals surface area contributed by atoms with Gasteiger partial charge in [-0.15, -0.1) is 10.2 Å². The van der Waals surface area contributed by atoms with Crippen molar-refractivity contribution >= 4 is 5.65 Å². The van der Waals surface area contributed by atoms with E-state index >= 15 is 0 Å². The molecule has 0 saturated carbocycles. The van der Waals surface area contributed by atoms with E-state index in [1.807, 2.05) is 0 Å². The summed E-state index contributed by atoms with van der Waals surface area (Å²) < 4.78 is 6.72. The van der Waals surface area contributed by atoms with E-state index in [1.165, 1.54) is 17.0 Å². The van der Waals surface area contributed by atoms with Crippen LogP contribution in [0, 0.1) is 0 Å². The molecule has 9 heteroatoms. The van der Waals surface area contributed by atoms with Gasteiger partial charge in [0.15, 0.2) is 11.5 Å². The fourth-order valence-electron chi connectivity index (χ4n) is 1.98. The van der Waals surface area contributed by atoms with E-state index in [-0.39, 0.29) is 12.4 Å². The van der Waals surface area contributed by atoms with Gasteiger partial charge < -0.3 is 20.1 Å². The van der Waals surface area contributed by atoms with Gasteiger partial charge in [-0.2, -0.15) is 9.61 Å². The van der Waals surface area contributed by atoms with Crippen LogP contribution in [0.5, 0.6) is 0 Å². The number of fused-ring (bicyclic) bond motifs is 1. The second-order valence-corrected chi connectivity index (χ2v) is 4.00. The molecule has 0 aromatic carbocycles. The fourth-order valence-corrected chi connectivity index (χ4v) is 1.98. The number of nitrogens with zero attached hydrogens (tertiary/aromatic N) is 5. The number of aliphatic hydroxyl groups is 3. The van der Waals surface area contributed by atoms with E-state index in [9.17, 15) is 10.2 Å². The highest BCUT2D eigenvalue weighted by molar-refractivity contribution is 5.32. The average molecular weight is 253 g/mol. The van der Waals surface area contributed by atoms with Gasteiger partial charge >= 0.3 is 0 Å². The maximum atomic E-state index is 9.88. The van der Waals surface area contributed by atoms with Gasteiger partial charge in [-0.1, -0.05) is 0 Å². The Bertz CT molecular complexity index is 561. The summed E-state index contributed by atoms with van der Waals surface area (Å²) in [6.07, 6.45) is -1.33. The van der Waals surface area contributed by atoms with Crippen LogP contribution in [0.15, 0.2) is 12.5 Å². The van der Waals surface area contributed by atoms with E-state index < -0.39 is 24.4 Å². The van der Waals surface area contributed by atoms with Crippen molar-refractivity contribution in [1.82, 2.24) is 24.8 Å². The molecule has 4 atom stereocenters. The van der Waals surface area contributed by atoms with Gasteiger partial charge in [0, 0.05) is 0 Å². The maximum absolute atomic E-state index is 9.88. The molecule has 2 aromatic heterocycles. The monoisotopic (exact) mass is 253 g/mol. The van der Waals surface area contributed by atoms with Gasteiger partial charge in [0.1, 0.15) is 30.7 Å². The second kappa shape index (κ2) is 4.21. The first-order valence-electron chi connectivity index (χ1n) is 5.36. The van der Waals surface area contributed by atoms with Crippen molar-refractivity contribution in [1.29, 1.82) is 0 Å². The first-order valence-corrected chi connectivity index (χ1v) is 5.36. The zero-order chi connectivity index (χ0) is 12.7. The molecule has 3 heterocycles. The fraction of sp³-hybridized carbons (Fsp3) is 0.556. The second-order valence-electron chi connectivity index (χ2n) is 4.00. The summed E-state index contributed by atoms with van der Waals surface area (Å²) in [7, 11) is 0. The van der Waals surface area contributed by atoms with Crippen molar-refractivity contribution in [3.63, 3.8) is 0 Å². The number of ether oxygens (including phenoxy) is 1. The quantitative estimate of drug-likeness (QED) is 0.544. The summed E-state index contributed by atoms with van der Waals surface area (Å²) in [5, 5.41) is 40.2. The van der Waals surface area contributed by atoms with Gasteiger partial charge in [-0.05, 0) is 0 Å². The third-order valence-corrected chi connectivity index (χ3v) is 2.91. The normalized spacial score (nSPS) is 32.2. The topological polar surface area (TPSA) is 126 Å². The van der Waals surface area contributed by atoms with E-state index in [2.05, 4.69) is 20.3 Å². The molecule has 0 aliphatic carbocycles. The number of hydrogen-bond donors (Lipinski definition) is 3. The number of hydrogen-bond acceptors (Lipinski definition) is 8. The molecule has 1 fully saturated rings. The maximum Gasteiger partial charge on any atom is 0.196 e. The van der Waals surface area contributed by atoms with Crippen LogP contribution >= 0.6 is 0 Å². The predicted octanol–water partition coefficient (Wildman–Crippen LogP) is -2.33. The third-order valence-electron chi connectivity index (χ3n) is 2.91. The first-order chi connectivity index (χ1) is 8.72. The summed E-state index contributed by atoms with van der Waals surface area (Å²) in [5.74, 6) is 0.259. The summed E-state index contributed by atoms with van der Waals surface area (Å²) in [6.45, 7) is -0.388. The Morgan fingerprint density at radius 3 is 2.83 bits per heavy atom. The van der Waals surface area contributed by atoms with Crippen LogP contribution in [-0.4, -0.2) is 65.0 Å². The number of aromatic nitrogens is 5. The third kappa shape index (κ3) is 1.56. The van der Waals surface area contributed by atoms with Crippen LogP contribution in [0.4, 0.5) is 0 Å². The van der Waals surface area contributed by atoms with Crippen LogP contribution in [-0.2, 0) is 4.74 Å². The van der Waals surface area contributed by atoms with E-state index in [0.29, 0.717) is 5.65 Å². The average Bonchev–Trinajstić information content (AvgIpc) is 2.93. The molecule has 0 unspecified atom stereocenters. The molecule has 2 aromatic rings. The van der Waals surface area contributed by atoms with Crippen molar-refractivity contribution in [3.8, 4) is 0 Å². The summed E-state index contributed by atoms with van der Waals surface area (Å²) in [4.78, 5) is 3.79. The summed E-state index contributed by atoms with van der Waals surface area (Å²) in [5.41, 5.74) is 0.408. The van der Waals surface area contributed by atoms with Gasteiger partial charge in [-0.3, -0.25) is 0 Å². The van der Waals surface area contributed by atoms with Crippen LogP contribution in [0.25, 0.3) is 5.65 Å². The molecule has 3 rings (SSSR count). The van der Waals surface area contributed by atoms with Crippen molar-refractivity contribution in [2.75, 3.05) is 6.61 Å². The van der Waals surface area contributed by atoms with Gasteiger partial charge in [-0.25, -0.2) is 4.98 Å². The van der Waals surface area contributed by atoms with Crippen LogP contribution in [0.1, 0.15) is 11.9 Å². The van der Waals surface area contributed by atoms with E-state index in [1.54, 1.807) is 0 Å². The van der Waals surface area contributed by atoms with Crippen molar-refractivity contribution < 1.29 is 20.1 Å². The van der Waals surface area contributed by atoms with E-state index in [4.69, 9.17) is 9.84 Å². The van der Waals surface area contributed by atoms with Crippen LogP contribution < -0.4 is 0 Å². The molecule has 3 N–H and O–H groups in total. The molecule has 18 heavy (non-hydrogen) atoms. The molecule has 0 bridgehead atoms. The highest BCUT2D eigenvalue weighted by Gasteiger charge is 2.45. The highest BCUT2D eigenvalue weighted by atomic mass is 16.6. The standard InChI is InChI=1S/C9H11N5O4/c15-2-4-6(16)7(17)8(18-4)9-13-12-5-1-10-3-11-14(5)9/h1,3-4,6-8,15-17H,2H2/t4-,6-,7-,8-/m1/s1. The first kappa shape index (κ1) is 11.4. The lowest BCUT2D eigenvalue weighted by molar-refractivity contribution is -0.0258. The summed E-state index contributed by atoms with van der Waals surface area (Å²) >= 11 is 0. The molecule has 0 amide bonds. The lowest BCUT2D eigenvalue weighted by Gasteiger charge is -2.11. The largest absolute Gasteiger partial charge is 0.394 e. The molecule has 1 aliphatic rings. The lowest BCUT2D eigenvalue weighted by atomic mass is 10.1. The Morgan fingerprint density at radius 1 is 1.28 bits per heavy atom. The molecule has 96 valence electrons. The molecule has 9 nitrogen and oxygen atoms in total. The zero-order valence-electron chi connectivity index (χ0n) is 9.16. The van der Waals surface area contributed by atoms with E-state index in [0.717, 1.165) is 0 Å². The Kier molecular flexibility index (Phi) is 2.67. The Hall–Kier alpha value is -1.68. The van der Waals surface area contributed by atoms with Gasteiger partial charge in [0.25, 0.3) is 0 Å². The molecule has 0 radical (unpaired) electrons. The minimum Gasteiger partial charge on any atom is -0.394 e. The van der Waals surface area contributed by atoms with Crippen LogP contribution in [0.2, 0.25) is 0 Å². The van der Waals surface area contributed by atoms with Crippen LogP contribution in [0.3, 0.4) is 0 Å². The lowest BCUT2D eigenvalue weighted by Crippen LogP contribution is -2.32. The minimum absolute atomic E-state index is 0.259. The minimum atomic E-state index is -1.19. The Morgan fingerprint density at radius 2 is 2.11 bits per heavy atom. The highest BCUT2D eigenvalue weighted by Crippen LogP contribution is 2.32. The molecule has 1 saturated heterocycles. The molecular formula is C9H11N5O4. The molecular weight excluding hydrogens is 242 g/mol. The summed E-state index contributed by atoms with van der Waals surface area (Å²) in [6, 6.07) is 0. The Labute approximate surface area is 101 Å². The van der Waals surface area contributed by atoms with Crippen molar-refractivity contribution in [2.24, 2.45) is 0 Å². The molecule has 1 aliphatic heterocycles. The molecule has 0 spiro atoms. The van der Waals surface area contributed by atoms with Gasteiger partial charge in [0.2, 0.25) is 0 Å². The number of aliphatic hydroxyl groups excluding tert-OH is 3. The predicted molar refractivity (Wildman–Crippen MR) is 55.3 cm³/mol. The van der Waals surface area contributed by atoms with Crippen molar-refractivity contribution in [2.45, 2.75) is 24.4 Å². The van der Waals surface area contributed by atoms with Crippen molar-refractivity contribution in [3.05, 3.63) is 18.3 Å². The Balaban J connectivity index is 2.00. The zero-order valence-corrected chi connectivity index (χ0v) is 9.16.